The fourth-order valence-electron chi connectivity index (χ4n) is 1.38. The summed E-state index contributed by atoms with van der Waals surface area (Å²) in [6, 6.07) is 5.90. The Morgan fingerprint density at radius 1 is 1.47 bits per heavy atom. The van der Waals surface area contributed by atoms with E-state index < -0.39 is 6.10 Å². The van der Waals surface area contributed by atoms with Crippen molar-refractivity contribution >= 4 is 17.7 Å². The highest BCUT2D eigenvalue weighted by Gasteiger charge is 2.16. The Hall–Kier alpha value is -1.16. The highest BCUT2D eigenvalue weighted by molar-refractivity contribution is 7.98. The van der Waals surface area contributed by atoms with Crippen LogP contribution in [0.1, 0.15) is 19.4 Å². The zero-order chi connectivity index (χ0) is 12.8. The van der Waals surface area contributed by atoms with E-state index in [1.54, 1.807) is 25.6 Å². The molecule has 1 unspecified atom stereocenters. The normalized spacial score (nSPS) is 12.0. The van der Waals surface area contributed by atoms with Crippen molar-refractivity contribution in [2.45, 2.75) is 31.8 Å². The lowest BCUT2D eigenvalue weighted by molar-refractivity contribution is -0.150. The van der Waals surface area contributed by atoms with Crippen molar-refractivity contribution < 1.29 is 14.3 Å². The number of aryl methyl sites for hydroxylation is 1. The Morgan fingerprint density at radius 2 is 2.18 bits per heavy atom. The van der Waals surface area contributed by atoms with Gasteiger partial charge in [0.05, 0.1) is 6.61 Å². The number of carbonyl (C=O) groups excluding carboxylic acids is 1. The molecule has 1 aromatic rings. The van der Waals surface area contributed by atoms with Gasteiger partial charge in [0.1, 0.15) is 5.75 Å². The summed E-state index contributed by atoms with van der Waals surface area (Å²) >= 11 is 1.68. The summed E-state index contributed by atoms with van der Waals surface area (Å²) in [7, 11) is 0. The second-order valence-corrected chi connectivity index (χ2v) is 4.52. The van der Waals surface area contributed by atoms with Crippen LogP contribution < -0.4 is 4.74 Å². The quantitative estimate of drug-likeness (QED) is 0.597. The average Bonchev–Trinajstić information content (AvgIpc) is 2.31. The fourth-order valence-corrected chi connectivity index (χ4v) is 1.88. The predicted octanol–water partition coefficient (Wildman–Crippen LogP) is 3.05. The van der Waals surface area contributed by atoms with E-state index in [9.17, 15) is 4.79 Å². The highest BCUT2D eigenvalue weighted by atomic mass is 32.2. The lowest BCUT2D eigenvalue weighted by atomic mass is 10.2. The molecular formula is C13H18O3S. The van der Waals surface area contributed by atoms with Crippen molar-refractivity contribution in [1.82, 2.24) is 0 Å². The van der Waals surface area contributed by atoms with Crippen LogP contribution in [-0.2, 0) is 9.53 Å². The van der Waals surface area contributed by atoms with E-state index in [0.717, 1.165) is 11.3 Å². The molecule has 0 aliphatic heterocycles. The molecule has 1 aromatic carbocycles. The van der Waals surface area contributed by atoms with Crippen LogP contribution in [0.5, 0.6) is 5.75 Å². The van der Waals surface area contributed by atoms with E-state index in [1.165, 1.54) is 4.90 Å². The third-order valence-electron chi connectivity index (χ3n) is 2.30. The van der Waals surface area contributed by atoms with Crippen LogP contribution in [0.15, 0.2) is 23.1 Å². The number of thioether (sulfide) groups is 1. The molecule has 1 rings (SSSR count). The minimum atomic E-state index is -0.575. The van der Waals surface area contributed by atoms with Crippen molar-refractivity contribution in [1.29, 1.82) is 0 Å². The lowest BCUT2D eigenvalue weighted by Crippen LogP contribution is -2.26. The van der Waals surface area contributed by atoms with Crippen molar-refractivity contribution in [3.05, 3.63) is 23.8 Å². The van der Waals surface area contributed by atoms with Crippen molar-refractivity contribution in [2.24, 2.45) is 0 Å². The minimum absolute atomic E-state index is 0.333. The summed E-state index contributed by atoms with van der Waals surface area (Å²) in [6.07, 6.45) is 1.45. The van der Waals surface area contributed by atoms with E-state index in [1.807, 2.05) is 31.4 Å². The van der Waals surface area contributed by atoms with Gasteiger partial charge in [0.2, 0.25) is 0 Å². The second-order valence-electron chi connectivity index (χ2n) is 3.64. The van der Waals surface area contributed by atoms with E-state index in [4.69, 9.17) is 9.47 Å². The molecule has 0 radical (unpaired) electrons. The summed E-state index contributed by atoms with van der Waals surface area (Å²) in [5, 5.41) is 0. The SMILES string of the molecule is CCOC(=O)C(C)Oc1ccc(SC)cc1C. The standard InChI is InChI=1S/C13H18O3S/c1-5-15-13(14)10(3)16-12-7-6-11(17-4)8-9(12)2/h6-8,10H,5H2,1-4H3. The third kappa shape index (κ3) is 3.97. The molecule has 17 heavy (non-hydrogen) atoms. The van der Waals surface area contributed by atoms with Crippen LogP contribution in [0.25, 0.3) is 0 Å². The van der Waals surface area contributed by atoms with E-state index in [0.29, 0.717) is 6.61 Å². The second kappa shape index (κ2) is 6.55. The molecule has 0 heterocycles. The average molecular weight is 254 g/mol. The zero-order valence-corrected chi connectivity index (χ0v) is 11.5. The molecular weight excluding hydrogens is 236 g/mol. The molecule has 0 fully saturated rings. The maximum absolute atomic E-state index is 11.4. The predicted molar refractivity (Wildman–Crippen MR) is 69.7 cm³/mol. The number of hydrogen-bond donors (Lipinski definition) is 0. The number of benzene rings is 1. The summed E-state index contributed by atoms with van der Waals surface area (Å²) in [5.74, 6) is 0.393. The maximum atomic E-state index is 11.4. The van der Waals surface area contributed by atoms with Crippen molar-refractivity contribution in [2.75, 3.05) is 12.9 Å². The van der Waals surface area contributed by atoms with Gasteiger partial charge in [0.25, 0.3) is 0 Å². The molecule has 3 nitrogen and oxygen atoms in total. The van der Waals surface area contributed by atoms with E-state index >= 15 is 0 Å². The van der Waals surface area contributed by atoms with Gasteiger partial charge in [-0.1, -0.05) is 0 Å². The molecule has 1 atom stereocenters. The summed E-state index contributed by atoms with van der Waals surface area (Å²) in [4.78, 5) is 12.6. The van der Waals surface area contributed by atoms with Gasteiger partial charge in [-0.25, -0.2) is 4.79 Å². The molecule has 0 saturated heterocycles. The Bertz CT molecular complexity index is 390. The Balaban J connectivity index is 2.71. The third-order valence-corrected chi connectivity index (χ3v) is 3.03. The smallest absolute Gasteiger partial charge is 0.347 e. The van der Waals surface area contributed by atoms with Crippen LogP contribution in [0.2, 0.25) is 0 Å². The Kier molecular flexibility index (Phi) is 5.35. The van der Waals surface area contributed by atoms with Crippen LogP contribution in [0.3, 0.4) is 0 Å². The fraction of sp³-hybridized carbons (Fsp3) is 0.462. The maximum Gasteiger partial charge on any atom is 0.347 e. The molecule has 0 spiro atoms. The molecule has 0 N–H and O–H groups in total. The number of ether oxygens (including phenoxy) is 2. The lowest BCUT2D eigenvalue weighted by Gasteiger charge is -2.15. The topological polar surface area (TPSA) is 35.5 Å². The van der Waals surface area contributed by atoms with Crippen LogP contribution in [0.4, 0.5) is 0 Å². The molecule has 4 heteroatoms. The Morgan fingerprint density at radius 3 is 2.71 bits per heavy atom. The molecule has 0 bridgehead atoms. The van der Waals surface area contributed by atoms with Gasteiger partial charge >= 0.3 is 5.97 Å². The summed E-state index contributed by atoms with van der Waals surface area (Å²) < 4.78 is 10.5. The van der Waals surface area contributed by atoms with Gasteiger partial charge in [-0.05, 0) is 50.8 Å². The first-order chi connectivity index (χ1) is 8.08. The molecule has 94 valence electrons. The molecule has 0 aromatic heterocycles. The van der Waals surface area contributed by atoms with Gasteiger partial charge in [0.15, 0.2) is 6.10 Å². The van der Waals surface area contributed by atoms with Crippen molar-refractivity contribution in [3.63, 3.8) is 0 Å². The minimum Gasteiger partial charge on any atom is -0.479 e. The number of hydrogen-bond acceptors (Lipinski definition) is 4. The monoisotopic (exact) mass is 254 g/mol. The summed E-state index contributed by atoms with van der Waals surface area (Å²) in [5.41, 5.74) is 1.02. The van der Waals surface area contributed by atoms with Gasteiger partial charge in [0, 0.05) is 4.90 Å². The van der Waals surface area contributed by atoms with Crippen LogP contribution in [0, 0.1) is 6.92 Å². The summed E-state index contributed by atoms with van der Waals surface area (Å²) in [6.45, 7) is 5.81. The van der Waals surface area contributed by atoms with Crippen molar-refractivity contribution in [3.8, 4) is 5.75 Å². The van der Waals surface area contributed by atoms with Gasteiger partial charge < -0.3 is 9.47 Å². The van der Waals surface area contributed by atoms with E-state index in [-0.39, 0.29) is 5.97 Å². The zero-order valence-electron chi connectivity index (χ0n) is 10.6. The first-order valence-electron chi connectivity index (χ1n) is 5.56. The molecule has 0 amide bonds. The number of rotatable bonds is 5. The largest absolute Gasteiger partial charge is 0.479 e. The van der Waals surface area contributed by atoms with Gasteiger partial charge in [-0.2, -0.15) is 0 Å². The van der Waals surface area contributed by atoms with E-state index in [2.05, 4.69) is 0 Å². The first-order valence-corrected chi connectivity index (χ1v) is 6.79. The van der Waals surface area contributed by atoms with Crippen LogP contribution in [-0.4, -0.2) is 24.9 Å². The Labute approximate surface area is 106 Å². The molecule has 0 aliphatic rings. The molecule has 0 saturated carbocycles. The molecule has 0 aliphatic carbocycles. The highest BCUT2D eigenvalue weighted by Crippen LogP contribution is 2.24. The number of esters is 1. The van der Waals surface area contributed by atoms with Gasteiger partial charge in [-0.3, -0.25) is 0 Å². The number of carbonyl (C=O) groups is 1. The first kappa shape index (κ1) is 13.9. The van der Waals surface area contributed by atoms with Gasteiger partial charge in [-0.15, -0.1) is 11.8 Å². The van der Waals surface area contributed by atoms with Crippen LogP contribution >= 0.6 is 11.8 Å².